The van der Waals surface area contributed by atoms with Gasteiger partial charge in [0, 0.05) is 24.5 Å². The van der Waals surface area contributed by atoms with Crippen molar-refractivity contribution in [1.29, 1.82) is 0 Å². The van der Waals surface area contributed by atoms with E-state index in [4.69, 9.17) is 4.74 Å². The Balaban J connectivity index is 1.30. The molecule has 2 amide bonds. The lowest BCUT2D eigenvalue weighted by atomic mass is 10.0. The number of nitrogens with zero attached hydrogens (tertiary/aromatic N) is 3. The van der Waals surface area contributed by atoms with Crippen LogP contribution in [0, 0.1) is 6.92 Å². The molecule has 1 aromatic carbocycles. The van der Waals surface area contributed by atoms with Gasteiger partial charge in [-0.25, -0.2) is 4.98 Å². The van der Waals surface area contributed by atoms with Crippen LogP contribution in [-0.4, -0.2) is 54.0 Å². The molecule has 8 heteroatoms. The number of hydrogen-bond acceptors (Lipinski definition) is 6. The van der Waals surface area contributed by atoms with Crippen LogP contribution in [0.4, 0.5) is 5.69 Å². The molecule has 1 unspecified atom stereocenters. The Kier molecular flexibility index (Phi) is 6.87. The summed E-state index contributed by atoms with van der Waals surface area (Å²) in [5.74, 6) is 0.445. The summed E-state index contributed by atoms with van der Waals surface area (Å²) < 4.78 is 5.56. The molecule has 2 aliphatic heterocycles. The Labute approximate surface area is 187 Å². The monoisotopic (exact) mass is 442 g/mol. The summed E-state index contributed by atoms with van der Waals surface area (Å²) >= 11 is 1.40. The van der Waals surface area contributed by atoms with Crippen molar-refractivity contribution in [2.45, 2.75) is 52.1 Å². The molecule has 0 spiro atoms. The van der Waals surface area contributed by atoms with Crippen LogP contribution in [0.25, 0.3) is 0 Å². The van der Waals surface area contributed by atoms with Gasteiger partial charge in [-0.3, -0.25) is 14.5 Å². The molecule has 1 N–H and O–H groups in total. The van der Waals surface area contributed by atoms with Gasteiger partial charge in [-0.1, -0.05) is 12.5 Å². The zero-order valence-electron chi connectivity index (χ0n) is 18.2. The van der Waals surface area contributed by atoms with Crippen molar-refractivity contribution in [3.63, 3.8) is 0 Å². The molecule has 0 saturated carbocycles. The van der Waals surface area contributed by atoms with Crippen LogP contribution in [-0.2, 0) is 11.3 Å². The highest BCUT2D eigenvalue weighted by Crippen LogP contribution is 2.34. The number of hydrogen-bond donors (Lipinski definition) is 1. The van der Waals surface area contributed by atoms with E-state index >= 15 is 0 Å². The lowest BCUT2D eigenvalue weighted by molar-refractivity contribution is -0.121. The predicted molar refractivity (Wildman–Crippen MR) is 122 cm³/mol. The summed E-state index contributed by atoms with van der Waals surface area (Å²) in [4.78, 5) is 33.6. The van der Waals surface area contributed by atoms with Crippen LogP contribution >= 0.6 is 11.3 Å². The number of rotatable bonds is 7. The fourth-order valence-corrected chi connectivity index (χ4v) is 4.93. The zero-order chi connectivity index (χ0) is 21.8. The molecule has 7 nitrogen and oxygen atoms in total. The van der Waals surface area contributed by atoms with Crippen LogP contribution in [0.15, 0.2) is 23.6 Å². The fraction of sp³-hybridized carbons (Fsp3) is 0.522. The van der Waals surface area contributed by atoms with Gasteiger partial charge in [0.25, 0.3) is 11.8 Å². The number of carbonyl (C=O) groups excluding carboxylic acids is 2. The largest absolute Gasteiger partial charge is 0.482 e. The Morgan fingerprint density at radius 2 is 2.23 bits per heavy atom. The molecule has 2 aliphatic rings. The normalized spacial score (nSPS) is 19.1. The second kappa shape index (κ2) is 9.78. The first-order chi connectivity index (χ1) is 15.0. The number of likely N-dealkylation sites (tertiary alicyclic amines) is 1. The Bertz CT molecular complexity index is 945. The molecule has 0 bridgehead atoms. The summed E-state index contributed by atoms with van der Waals surface area (Å²) in [5, 5.41) is 5.47. The van der Waals surface area contributed by atoms with E-state index in [1.807, 2.05) is 25.1 Å². The third-order valence-corrected chi connectivity index (χ3v) is 6.82. The number of thiazole rings is 1. The lowest BCUT2D eigenvalue weighted by Gasteiger charge is -2.33. The number of aromatic nitrogens is 1. The number of fused-ring (bicyclic) bond motifs is 1. The van der Waals surface area contributed by atoms with Crippen LogP contribution in [0.2, 0.25) is 0 Å². The second-order valence-electron chi connectivity index (χ2n) is 8.36. The van der Waals surface area contributed by atoms with Crippen molar-refractivity contribution in [2.24, 2.45) is 0 Å². The fourth-order valence-electron chi connectivity index (χ4n) is 4.17. The van der Waals surface area contributed by atoms with E-state index in [1.165, 1.54) is 30.6 Å². The first-order valence-electron chi connectivity index (χ1n) is 11.0. The van der Waals surface area contributed by atoms with Crippen LogP contribution in [0.3, 0.4) is 0 Å². The maximum Gasteiger partial charge on any atom is 0.270 e. The third-order valence-electron chi connectivity index (χ3n) is 5.98. The Hall–Kier alpha value is -2.45. The molecule has 31 heavy (non-hydrogen) atoms. The maximum atomic E-state index is 12.5. The molecular weight excluding hydrogens is 412 g/mol. The highest BCUT2D eigenvalue weighted by Gasteiger charge is 2.27. The number of aryl methyl sites for hydroxylation is 1. The quantitative estimate of drug-likeness (QED) is 0.666. The minimum Gasteiger partial charge on any atom is -0.482 e. The molecule has 1 saturated heterocycles. The van der Waals surface area contributed by atoms with E-state index in [0.717, 1.165) is 35.8 Å². The highest BCUT2D eigenvalue weighted by molar-refractivity contribution is 7.09. The van der Waals surface area contributed by atoms with Gasteiger partial charge in [-0.15, -0.1) is 11.3 Å². The summed E-state index contributed by atoms with van der Waals surface area (Å²) in [7, 11) is 0. The molecule has 3 heterocycles. The molecule has 1 aromatic heterocycles. The SMILES string of the molecule is Cc1ccc2c(c1)OCC(=O)N2Cc1nc(C(=O)NCCCN2CCCCC2C)cs1. The molecule has 0 radical (unpaired) electrons. The molecule has 166 valence electrons. The van der Waals surface area contributed by atoms with Crippen molar-refractivity contribution >= 4 is 28.8 Å². The number of benzene rings is 1. The van der Waals surface area contributed by atoms with Crippen molar-refractivity contribution in [3.8, 4) is 5.75 Å². The molecule has 4 rings (SSSR count). The number of ether oxygens (including phenoxy) is 1. The zero-order valence-corrected chi connectivity index (χ0v) is 19.0. The standard InChI is InChI=1S/C23H30N4O3S/c1-16-7-8-19-20(12-16)30-14-22(28)27(19)13-21-25-18(15-31-21)23(29)24-9-5-11-26-10-4-3-6-17(26)2/h7-8,12,15,17H,3-6,9-11,13-14H2,1-2H3,(H,24,29). The Morgan fingerprint density at radius 3 is 3.06 bits per heavy atom. The lowest BCUT2D eigenvalue weighted by Crippen LogP contribution is -2.39. The van der Waals surface area contributed by atoms with Crippen LogP contribution in [0.5, 0.6) is 5.75 Å². The molecule has 1 fully saturated rings. The van der Waals surface area contributed by atoms with Crippen molar-refractivity contribution in [2.75, 3.05) is 31.1 Å². The first-order valence-corrected chi connectivity index (χ1v) is 11.9. The van der Waals surface area contributed by atoms with E-state index in [-0.39, 0.29) is 18.4 Å². The third kappa shape index (κ3) is 5.25. The van der Waals surface area contributed by atoms with Gasteiger partial charge >= 0.3 is 0 Å². The summed E-state index contributed by atoms with van der Waals surface area (Å²) in [5.41, 5.74) is 2.24. The topological polar surface area (TPSA) is 74.8 Å². The van der Waals surface area contributed by atoms with E-state index in [1.54, 1.807) is 10.3 Å². The summed E-state index contributed by atoms with van der Waals surface area (Å²) in [6, 6.07) is 6.42. The number of anilines is 1. The van der Waals surface area contributed by atoms with Gasteiger partial charge in [0.1, 0.15) is 16.5 Å². The summed E-state index contributed by atoms with van der Waals surface area (Å²) in [6.45, 7) is 7.45. The van der Waals surface area contributed by atoms with E-state index in [9.17, 15) is 9.59 Å². The average molecular weight is 443 g/mol. The van der Waals surface area contributed by atoms with Crippen molar-refractivity contribution in [1.82, 2.24) is 15.2 Å². The van der Waals surface area contributed by atoms with Gasteiger partial charge < -0.3 is 15.0 Å². The molecule has 0 aliphatic carbocycles. The molecule has 2 aromatic rings. The highest BCUT2D eigenvalue weighted by atomic mass is 32.1. The van der Waals surface area contributed by atoms with Crippen molar-refractivity contribution in [3.05, 3.63) is 39.8 Å². The minimum absolute atomic E-state index is 0.0187. The predicted octanol–water partition coefficient (Wildman–Crippen LogP) is 3.37. The van der Waals surface area contributed by atoms with Gasteiger partial charge in [-0.05, 0) is 57.4 Å². The van der Waals surface area contributed by atoms with Crippen molar-refractivity contribution < 1.29 is 14.3 Å². The first kappa shape index (κ1) is 21.8. The number of piperidine rings is 1. The van der Waals surface area contributed by atoms with E-state index in [0.29, 0.717) is 30.6 Å². The van der Waals surface area contributed by atoms with Crippen LogP contribution in [0.1, 0.15) is 53.7 Å². The maximum absolute atomic E-state index is 12.5. The number of carbonyl (C=O) groups is 2. The average Bonchev–Trinajstić information content (AvgIpc) is 3.23. The van der Waals surface area contributed by atoms with Gasteiger partial charge in [0.2, 0.25) is 0 Å². The van der Waals surface area contributed by atoms with E-state index < -0.39 is 0 Å². The van der Waals surface area contributed by atoms with Gasteiger partial charge in [0.15, 0.2) is 6.61 Å². The second-order valence-corrected chi connectivity index (χ2v) is 9.30. The summed E-state index contributed by atoms with van der Waals surface area (Å²) in [6.07, 6.45) is 4.80. The number of amides is 2. The molecule has 1 atom stereocenters. The smallest absolute Gasteiger partial charge is 0.270 e. The van der Waals surface area contributed by atoms with E-state index in [2.05, 4.69) is 22.1 Å². The molecular formula is C23H30N4O3S. The van der Waals surface area contributed by atoms with Gasteiger partial charge in [0.05, 0.1) is 12.2 Å². The Morgan fingerprint density at radius 1 is 1.35 bits per heavy atom. The minimum atomic E-state index is -0.154. The number of nitrogens with one attached hydrogen (secondary N) is 1. The van der Waals surface area contributed by atoms with Gasteiger partial charge in [-0.2, -0.15) is 0 Å². The van der Waals surface area contributed by atoms with Crippen LogP contribution < -0.4 is 15.0 Å².